The molecule has 0 aliphatic carbocycles. The van der Waals surface area contributed by atoms with E-state index in [2.05, 4.69) is 51.6 Å². The Morgan fingerprint density at radius 1 is 1.17 bits per heavy atom. The fraction of sp³-hybridized carbons (Fsp3) is 1.00. The molecule has 0 rings (SSSR count). The molecule has 3 nitrogen and oxygen atoms in total. The van der Waals surface area contributed by atoms with Gasteiger partial charge in [-0.3, -0.25) is 4.90 Å². The number of nitrogens with two attached hydrogens (primary N) is 1. The standard InChI is InChI=1S/C15H35N3/c1-7-18(12-8-11-17(5)6)15(4,13-16)10-9-14(2)3/h14H,7-13,16H2,1-6H3. The largest absolute Gasteiger partial charge is 0.329 e. The molecule has 0 radical (unpaired) electrons. The van der Waals surface area contributed by atoms with Crippen LogP contribution in [0.2, 0.25) is 0 Å². The van der Waals surface area contributed by atoms with Gasteiger partial charge >= 0.3 is 0 Å². The zero-order valence-corrected chi connectivity index (χ0v) is 13.5. The first kappa shape index (κ1) is 17.9. The van der Waals surface area contributed by atoms with E-state index in [1.165, 1.54) is 19.3 Å². The first-order valence-electron chi connectivity index (χ1n) is 7.45. The van der Waals surface area contributed by atoms with Crippen LogP contribution in [-0.2, 0) is 0 Å². The quantitative estimate of drug-likeness (QED) is 0.652. The van der Waals surface area contributed by atoms with Crippen LogP contribution < -0.4 is 5.73 Å². The summed E-state index contributed by atoms with van der Waals surface area (Å²) in [7, 11) is 4.27. The Morgan fingerprint density at radius 2 is 1.78 bits per heavy atom. The van der Waals surface area contributed by atoms with Gasteiger partial charge in [-0.25, -0.2) is 0 Å². The van der Waals surface area contributed by atoms with E-state index in [1.54, 1.807) is 0 Å². The maximum absolute atomic E-state index is 6.05. The van der Waals surface area contributed by atoms with Crippen LogP contribution in [0.4, 0.5) is 0 Å². The summed E-state index contributed by atoms with van der Waals surface area (Å²) in [5.41, 5.74) is 6.22. The highest BCUT2D eigenvalue weighted by Crippen LogP contribution is 2.23. The van der Waals surface area contributed by atoms with Crippen LogP contribution in [-0.4, -0.2) is 55.6 Å². The number of likely N-dealkylation sites (N-methyl/N-ethyl adjacent to an activating group) is 1. The highest BCUT2D eigenvalue weighted by atomic mass is 15.2. The summed E-state index contributed by atoms with van der Waals surface area (Å²) in [6.45, 7) is 13.3. The smallest absolute Gasteiger partial charge is 0.0303 e. The molecular formula is C15H35N3. The second-order valence-corrected chi connectivity index (χ2v) is 6.37. The molecule has 1 atom stereocenters. The molecule has 0 saturated heterocycles. The molecule has 0 heterocycles. The van der Waals surface area contributed by atoms with Gasteiger partial charge in [0.25, 0.3) is 0 Å². The first-order chi connectivity index (χ1) is 8.35. The minimum absolute atomic E-state index is 0.172. The van der Waals surface area contributed by atoms with Gasteiger partial charge in [0, 0.05) is 12.1 Å². The van der Waals surface area contributed by atoms with E-state index in [1.807, 2.05) is 0 Å². The van der Waals surface area contributed by atoms with Crippen LogP contribution in [0.25, 0.3) is 0 Å². The number of hydrogen-bond donors (Lipinski definition) is 1. The Labute approximate surface area is 115 Å². The number of hydrogen-bond acceptors (Lipinski definition) is 3. The summed E-state index contributed by atoms with van der Waals surface area (Å²) in [5, 5.41) is 0. The van der Waals surface area contributed by atoms with Crippen molar-refractivity contribution >= 4 is 0 Å². The van der Waals surface area contributed by atoms with E-state index in [-0.39, 0.29) is 5.54 Å². The van der Waals surface area contributed by atoms with Crippen LogP contribution in [0.3, 0.4) is 0 Å². The van der Waals surface area contributed by atoms with Crippen molar-refractivity contribution in [3.63, 3.8) is 0 Å². The molecule has 1 unspecified atom stereocenters. The maximum Gasteiger partial charge on any atom is 0.0303 e. The van der Waals surface area contributed by atoms with Crippen molar-refractivity contribution in [2.75, 3.05) is 40.3 Å². The third-order valence-electron chi connectivity index (χ3n) is 3.88. The van der Waals surface area contributed by atoms with Crippen LogP contribution in [0.5, 0.6) is 0 Å². The van der Waals surface area contributed by atoms with Crippen LogP contribution in [0.1, 0.15) is 47.0 Å². The lowest BCUT2D eigenvalue weighted by molar-refractivity contribution is 0.0974. The average molecular weight is 257 g/mol. The summed E-state index contributed by atoms with van der Waals surface area (Å²) >= 11 is 0. The van der Waals surface area contributed by atoms with Gasteiger partial charge < -0.3 is 10.6 Å². The SMILES string of the molecule is CCN(CCCN(C)C)C(C)(CN)CCC(C)C. The van der Waals surface area contributed by atoms with E-state index in [0.29, 0.717) is 0 Å². The summed E-state index contributed by atoms with van der Waals surface area (Å²) in [6.07, 6.45) is 3.69. The molecule has 2 N–H and O–H groups in total. The second-order valence-electron chi connectivity index (χ2n) is 6.37. The van der Waals surface area contributed by atoms with Gasteiger partial charge in [0.1, 0.15) is 0 Å². The van der Waals surface area contributed by atoms with Crippen molar-refractivity contribution in [3.05, 3.63) is 0 Å². The molecule has 3 heteroatoms. The summed E-state index contributed by atoms with van der Waals surface area (Å²) < 4.78 is 0. The first-order valence-corrected chi connectivity index (χ1v) is 7.45. The Balaban J connectivity index is 4.35. The lowest BCUT2D eigenvalue weighted by Gasteiger charge is -2.41. The third-order valence-corrected chi connectivity index (χ3v) is 3.88. The minimum atomic E-state index is 0.172. The normalized spacial score (nSPS) is 15.7. The summed E-state index contributed by atoms with van der Waals surface area (Å²) in [5.74, 6) is 0.761. The zero-order chi connectivity index (χ0) is 14.2. The van der Waals surface area contributed by atoms with Gasteiger partial charge in [-0.15, -0.1) is 0 Å². The van der Waals surface area contributed by atoms with Crippen molar-refractivity contribution in [1.82, 2.24) is 9.80 Å². The average Bonchev–Trinajstić information content (AvgIpc) is 2.31. The lowest BCUT2D eigenvalue weighted by Crippen LogP contribution is -2.52. The van der Waals surface area contributed by atoms with Crippen LogP contribution >= 0.6 is 0 Å². The van der Waals surface area contributed by atoms with Crippen molar-refractivity contribution in [2.24, 2.45) is 11.7 Å². The predicted octanol–water partition coefficient (Wildman–Crippen LogP) is 2.41. The van der Waals surface area contributed by atoms with E-state index in [9.17, 15) is 0 Å². The van der Waals surface area contributed by atoms with Gasteiger partial charge in [-0.2, -0.15) is 0 Å². The Hall–Kier alpha value is -0.120. The van der Waals surface area contributed by atoms with E-state index in [0.717, 1.165) is 32.1 Å². The van der Waals surface area contributed by atoms with Crippen molar-refractivity contribution in [3.8, 4) is 0 Å². The fourth-order valence-electron chi connectivity index (χ4n) is 2.38. The molecule has 0 aliphatic rings. The zero-order valence-electron chi connectivity index (χ0n) is 13.5. The molecular weight excluding hydrogens is 222 g/mol. The maximum atomic E-state index is 6.05. The molecule has 0 saturated carbocycles. The summed E-state index contributed by atoms with van der Waals surface area (Å²) in [6, 6.07) is 0. The van der Waals surface area contributed by atoms with E-state index >= 15 is 0 Å². The minimum Gasteiger partial charge on any atom is -0.329 e. The van der Waals surface area contributed by atoms with E-state index < -0.39 is 0 Å². The summed E-state index contributed by atoms with van der Waals surface area (Å²) in [4.78, 5) is 4.82. The molecule has 18 heavy (non-hydrogen) atoms. The number of nitrogens with zero attached hydrogens (tertiary/aromatic N) is 2. The van der Waals surface area contributed by atoms with Crippen molar-refractivity contribution in [1.29, 1.82) is 0 Å². The molecule has 0 aromatic heterocycles. The molecule has 0 amide bonds. The molecule has 0 bridgehead atoms. The third kappa shape index (κ3) is 6.72. The second kappa shape index (κ2) is 8.89. The van der Waals surface area contributed by atoms with Gasteiger partial charge in [-0.05, 0) is 65.8 Å². The highest BCUT2D eigenvalue weighted by molar-refractivity contribution is 4.87. The molecule has 0 aliphatic heterocycles. The van der Waals surface area contributed by atoms with Crippen molar-refractivity contribution < 1.29 is 0 Å². The number of rotatable bonds is 10. The Kier molecular flexibility index (Phi) is 8.83. The highest BCUT2D eigenvalue weighted by Gasteiger charge is 2.28. The molecule has 0 spiro atoms. The molecule has 0 aromatic carbocycles. The molecule has 0 aromatic rings. The van der Waals surface area contributed by atoms with Gasteiger partial charge in [-0.1, -0.05) is 20.8 Å². The topological polar surface area (TPSA) is 32.5 Å². The van der Waals surface area contributed by atoms with Gasteiger partial charge in [0.05, 0.1) is 0 Å². The van der Waals surface area contributed by atoms with E-state index in [4.69, 9.17) is 5.73 Å². The van der Waals surface area contributed by atoms with Crippen LogP contribution in [0.15, 0.2) is 0 Å². The lowest BCUT2D eigenvalue weighted by atomic mass is 9.90. The predicted molar refractivity (Wildman–Crippen MR) is 81.9 cm³/mol. The Morgan fingerprint density at radius 3 is 2.17 bits per heavy atom. The van der Waals surface area contributed by atoms with Gasteiger partial charge in [0.15, 0.2) is 0 Å². The Bertz CT molecular complexity index is 204. The monoisotopic (exact) mass is 257 g/mol. The molecule has 0 fully saturated rings. The van der Waals surface area contributed by atoms with Crippen LogP contribution in [0, 0.1) is 5.92 Å². The molecule has 110 valence electrons. The van der Waals surface area contributed by atoms with Gasteiger partial charge in [0.2, 0.25) is 0 Å². The fourth-order valence-corrected chi connectivity index (χ4v) is 2.38. The van der Waals surface area contributed by atoms with Crippen molar-refractivity contribution in [2.45, 2.75) is 52.5 Å².